The fourth-order valence-corrected chi connectivity index (χ4v) is 3.08. The first-order chi connectivity index (χ1) is 8.90. The van der Waals surface area contributed by atoms with Gasteiger partial charge in [-0.05, 0) is 24.3 Å². The first-order valence-corrected chi connectivity index (χ1v) is 7.10. The number of hydrogen-bond donors (Lipinski definition) is 1. The number of rotatable bonds is 2. The van der Waals surface area contributed by atoms with Gasteiger partial charge in [0.05, 0.1) is 12.0 Å². The minimum atomic E-state index is 0.0843. The Morgan fingerprint density at radius 1 is 1.37 bits per heavy atom. The molecule has 2 heteroatoms. The molecular weight excluding hydrogens is 232 g/mol. The first-order valence-electron chi connectivity index (χ1n) is 7.10. The van der Waals surface area contributed by atoms with Crippen molar-refractivity contribution in [3.8, 4) is 6.07 Å². The van der Waals surface area contributed by atoms with E-state index >= 15 is 0 Å². The predicted molar refractivity (Wildman–Crippen MR) is 78.9 cm³/mol. The normalized spacial score (nSPS) is 27.2. The topological polar surface area (TPSA) is 35.8 Å². The maximum absolute atomic E-state index is 9.54. The fourth-order valence-electron chi connectivity index (χ4n) is 3.08. The molecule has 1 saturated heterocycles. The van der Waals surface area contributed by atoms with Crippen LogP contribution in [0, 0.1) is 29.6 Å². The molecule has 19 heavy (non-hydrogen) atoms. The maximum atomic E-state index is 9.54. The van der Waals surface area contributed by atoms with Crippen LogP contribution >= 0.6 is 0 Å². The van der Waals surface area contributed by atoms with Crippen molar-refractivity contribution in [2.24, 2.45) is 11.3 Å². The molecule has 0 bridgehead atoms. The van der Waals surface area contributed by atoms with E-state index < -0.39 is 0 Å². The van der Waals surface area contributed by atoms with Crippen molar-refractivity contribution in [1.29, 1.82) is 5.26 Å². The molecule has 3 unspecified atom stereocenters. The van der Waals surface area contributed by atoms with E-state index in [9.17, 15) is 5.26 Å². The van der Waals surface area contributed by atoms with Gasteiger partial charge >= 0.3 is 0 Å². The molecule has 0 aliphatic carbocycles. The molecule has 0 amide bonds. The zero-order valence-corrected chi connectivity index (χ0v) is 12.4. The third-order valence-corrected chi connectivity index (χ3v) is 3.92. The Morgan fingerprint density at radius 3 is 2.68 bits per heavy atom. The average molecular weight is 256 g/mol. The summed E-state index contributed by atoms with van der Waals surface area (Å²) in [5, 5.41) is 13.1. The SMILES string of the molecule is Cc1cccc(C2CNC(CC(C)(C)C)C2C#N)c1. The quantitative estimate of drug-likeness (QED) is 0.877. The second kappa shape index (κ2) is 5.35. The Balaban J connectivity index is 2.18. The highest BCUT2D eigenvalue weighted by Gasteiger charge is 2.38. The molecule has 0 radical (unpaired) electrons. The van der Waals surface area contributed by atoms with E-state index in [2.05, 4.69) is 63.3 Å². The highest BCUT2D eigenvalue weighted by molar-refractivity contribution is 5.29. The number of hydrogen-bond acceptors (Lipinski definition) is 2. The van der Waals surface area contributed by atoms with Crippen molar-refractivity contribution in [3.63, 3.8) is 0 Å². The minimum absolute atomic E-state index is 0.0843. The van der Waals surface area contributed by atoms with E-state index in [1.807, 2.05) is 0 Å². The highest BCUT2D eigenvalue weighted by Crippen LogP contribution is 2.36. The van der Waals surface area contributed by atoms with Gasteiger partial charge in [0.2, 0.25) is 0 Å². The summed E-state index contributed by atoms with van der Waals surface area (Å²) < 4.78 is 0. The van der Waals surface area contributed by atoms with E-state index in [-0.39, 0.29) is 11.3 Å². The second-order valence-electron chi connectivity index (χ2n) is 6.96. The van der Waals surface area contributed by atoms with Crippen molar-refractivity contribution >= 4 is 0 Å². The van der Waals surface area contributed by atoms with E-state index in [0.29, 0.717) is 12.0 Å². The van der Waals surface area contributed by atoms with Gasteiger partial charge in [-0.25, -0.2) is 0 Å². The predicted octanol–water partition coefficient (Wildman–Crippen LogP) is 3.63. The van der Waals surface area contributed by atoms with Crippen LogP contribution in [-0.2, 0) is 0 Å². The van der Waals surface area contributed by atoms with Gasteiger partial charge in [-0.1, -0.05) is 50.6 Å². The number of benzene rings is 1. The van der Waals surface area contributed by atoms with Gasteiger partial charge < -0.3 is 5.32 Å². The zero-order chi connectivity index (χ0) is 14.0. The molecule has 0 aromatic heterocycles. The Bertz CT molecular complexity index is 479. The lowest BCUT2D eigenvalue weighted by Crippen LogP contribution is -2.31. The molecule has 1 aliphatic rings. The van der Waals surface area contributed by atoms with E-state index in [1.54, 1.807) is 0 Å². The molecule has 1 N–H and O–H groups in total. The van der Waals surface area contributed by atoms with Gasteiger partial charge in [0.1, 0.15) is 0 Å². The van der Waals surface area contributed by atoms with E-state index in [4.69, 9.17) is 0 Å². The van der Waals surface area contributed by atoms with Crippen LogP contribution in [0.15, 0.2) is 24.3 Å². The van der Waals surface area contributed by atoms with Crippen LogP contribution in [0.4, 0.5) is 0 Å². The molecule has 1 aliphatic heterocycles. The summed E-state index contributed by atoms with van der Waals surface area (Å²) in [5.74, 6) is 0.415. The second-order valence-corrected chi connectivity index (χ2v) is 6.96. The molecule has 1 aromatic rings. The fraction of sp³-hybridized carbons (Fsp3) is 0.588. The molecule has 0 spiro atoms. The smallest absolute Gasteiger partial charge is 0.0697 e. The zero-order valence-electron chi connectivity index (χ0n) is 12.4. The van der Waals surface area contributed by atoms with Crippen LogP contribution in [0.1, 0.15) is 44.2 Å². The largest absolute Gasteiger partial charge is 0.312 e. The Morgan fingerprint density at radius 2 is 2.11 bits per heavy atom. The minimum Gasteiger partial charge on any atom is -0.312 e. The van der Waals surface area contributed by atoms with E-state index in [1.165, 1.54) is 11.1 Å². The summed E-state index contributed by atoms with van der Waals surface area (Å²) in [4.78, 5) is 0. The van der Waals surface area contributed by atoms with Gasteiger partial charge in [0, 0.05) is 18.5 Å². The number of nitrogens with zero attached hydrogens (tertiary/aromatic N) is 1. The van der Waals surface area contributed by atoms with Gasteiger partial charge in [-0.15, -0.1) is 0 Å². The van der Waals surface area contributed by atoms with Gasteiger partial charge in [0.15, 0.2) is 0 Å². The summed E-state index contributed by atoms with van der Waals surface area (Å²) >= 11 is 0. The van der Waals surface area contributed by atoms with Gasteiger partial charge in [0.25, 0.3) is 0 Å². The maximum Gasteiger partial charge on any atom is 0.0697 e. The van der Waals surface area contributed by atoms with E-state index in [0.717, 1.165) is 13.0 Å². The van der Waals surface area contributed by atoms with Crippen molar-refractivity contribution in [2.75, 3.05) is 6.54 Å². The molecule has 2 nitrogen and oxygen atoms in total. The Labute approximate surface area is 116 Å². The number of aryl methyl sites for hydroxylation is 1. The molecule has 102 valence electrons. The monoisotopic (exact) mass is 256 g/mol. The van der Waals surface area contributed by atoms with Crippen molar-refractivity contribution in [1.82, 2.24) is 5.32 Å². The van der Waals surface area contributed by atoms with Crippen molar-refractivity contribution < 1.29 is 0 Å². The molecule has 3 atom stereocenters. The lowest BCUT2D eigenvalue weighted by Gasteiger charge is -2.25. The van der Waals surface area contributed by atoms with Crippen LogP contribution in [0.2, 0.25) is 0 Å². The van der Waals surface area contributed by atoms with Crippen LogP contribution in [0.3, 0.4) is 0 Å². The van der Waals surface area contributed by atoms with Crippen LogP contribution < -0.4 is 5.32 Å². The molecule has 1 heterocycles. The molecular formula is C17H24N2. The summed E-state index contributed by atoms with van der Waals surface area (Å²) in [6.07, 6.45) is 1.05. The third kappa shape index (κ3) is 3.36. The first kappa shape index (κ1) is 14.1. The summed E-state index contributed by atoms with van der Waals surface area (Å²) in [7, 11) is 0. The average Bonchev–Trinajstić information content (AvgIpc) is 2.69. The van der Waals surface area contributed by atoms with Gasteiger partial charge in [-0.2, -0.15) is 5.26 Å². The van der Waals surface area contributed by atoms with Gasteiger partial charge in [-0.3, -0.25) is 0 Å². The summed E-state index contributed by atoms with van der Waals surface area (Å²) in [5.41, 5.74) is 2.83. The van der Waals surface area contributed by atoms with Crippen LogP contribution in [-0.4, -0.2) is 12.6 Å². The lowest BCUT2D eigenvalue weighted by molar-refractivity contribution is 0.304. The lowest BCUT2D eigenvalue weighted by atomic mass is 9.79. The molecule has 1 aromatic carbocycles. The molecule has 1 fully saturated rings. The standard InChI is InChI=1S/C17H24N2/c1-12-6-5-7-13(8-12)15-11-19-16(14(15)10-18)9-17(2,3)4/h5-8,14-16,19H,9,11H2,1-4H3. The van der Waals surface area contributed by atoms with Crippen LogP contribution in [0.25, 0.3) is 0 Å². The van der Waals surface area contributed by atoms with Crippen molar-refractivity contribution in [2.45, 2.75) is 46.1 Å². The summed E-state index contributed by atoms with van der Waals surface area (Å²) in [6, 6.07) is 11.4. The number of nitrogens with one attached hydrogen (secondary N) is 1. The molecule has 2 rings (SSSR count). The molecule has 0 saturated carbocycles. The number of nitriles is 1. The summed E-state index contributed by atoms with van der Waals surface area (Å²) in [6.45, 7) is 9.75. The Hall–Kier alpha value is -1.33. The highest BCUT2D eigenvalue weighted by atomic mass is 15.0. The third-order valence-electron chi connectivity index (χ3n) is 3.92. The Kier molecular flexibility index (Phi) is 3.96. The van der Waals surface area contributed by atoms with Crippen molar-refractivity contribution in [3.05, 3.63) is 35.4 Å². The van der Waals surface area contributed by atoms with Crippen LogP contribution in [0.5, 0.6) is 0 Å².